The fourth-order valence-corrected chi connectivity index (χ4v) is 3.95. The van der Waals surface area contributed by atoms with E-state index < -0.39 is 0 Å². The molecule has 2 aliphatic heterocycles. The molecule has 2 aromatic heterocycles. The highest BCUT2D eigenvalue weighted by Gasteiger charge is 2.37. The Balaban J connectivity index is 1.44. The van der Waals surface area contributed by atoms with E-state index in [-0.39, 0.29) is 11.9 Å². The third kappa shape index (κ3) is 4.26. The van der Waals surface area contributed by atoms with E-state index in [1.165, 1.54) is 0 Å². The van der Waals surface area contributed by atoms with E-state index >= 15 is 0 Å². The van der Waals surface area contributed by atoms with Crippen LogP contribution in [0.15, 0.2) is 40.9 Å². The molecule has 166 valence electrons. The molecule has 1 N–H and O–H groups in total. The van der Waals surface area contributed by atoms with Crippen LogP contribution in [-0.2, 0) is 4.74 Å². The highest BCUT2D eigenvalue weighted by molar-refractivity contribution is 6.30. The van der Waals surface area contributed by atoms with Gasteiger partial charge < -0.3 is 24.4 Å². The van der Waals surface area contributed by atoms with Crippen LogP contribution < -0.4 is 10.2 Å². The summed E-state index contributed by atoms with van der Waals surface area (Å²) in [6, 6.07) is 10.8. The van der Waals surface area contributed by atoms with Crippen molar-refractivity contribution in [3.63, 3.8) is 0 Å². The molecule has 1 amide bonds. The molecule has 0 saturated carbocycles. The van der Waals surface area contributed by atoms with Gasteiger partial charge in [0.2, 0.25) is 5.95 Å². The van der Waals surface area contributed by atoms with Crippen LogP contribution in [0.25, 0.3) is 0 Å². The summed E-state index contributed by atoms with van der Waals surface area (Å²) in [4.78, 5) is 26.4. The SMILES string of the molecule is Cc1cc(C(=O)N2CCC2c2cc(Nc3ccc(Cl)cc3)nc(N3CCOCC3)n2)no1. The lowest BCUT2D eigenvalue weighted by atomic mass is 9.98. The summed E-state index contributed by atoms with van der Waals surface area (Å²) in [6.45, 7) is 5.11. The Bertz CT molecular complexity index is 1110. The molecular formula is C22H23ClN6O3. The van der Waals surface area contributed by atoms with Crippen LogP contribution >= 0.6 is 11.6 Å². The number of ether oxygens (including phenoxy) is 1. The van der Waals surface area contributed by atoms with Gasteiger partial charge in [0.25, 0.3) is 5.91 Å². The summed E-state index contributed by atoms with van der Waals surface area (Å²) in [5.74, 6) is 1.74. The number of aromatic nitrogens is 3. The minimum absolute atomic E-state index is 0.145. The minimum Gasteiger partial charge on any atom is -0.378 e. The highest BCUT2D eigenvalue weighted by atomic mass is 35.5. The van der Waals surface area contributed by atoms with E-state index in [1.54, 1.807) is 17.9 Å². The van der Waals surface area contributed by atoms with Crippen LogP contribution in [0.1, 0.15) is 34.4 Å². The van der Waals surface area contributed by atoms with Crippen molar-refractivity contribution in [3.05, 3.63) is 58.6 Å². The fraction of sp³-hybridized carbons (Fsp3) is 0.364. The maximum atomic E-state index is 12.9. The second-order valence-corrected chi connectivity index (χ2v) is 8.27. The number of morpholine rings is 1. The number of benzene rings is 1. The third-order valence-corrected chi connectivity index (χ3v) is 5.87. The molecule has 32 heavy (non-hydrogen) atoms. The lowest BCUT2D eigenvalue weighted by molar-refractivity contribution is 0.0440. The monoisotopic (exact) mass is 454 g/mol. The van der Waals surface area contributed by atoms with Crippen LogP contribution in [0.2, 0.25) is 5.02 Å². The van der Waals surface area contributed by atoms with E-state index in [4.69, 9.17) is 30.8 Å². The number of carbonyl (C=O) groups is 1. The van der Waals surface area contributed by atoms with E-state index in [0.717, 1.165) is 30.9 Å². The Morgan fingerprint density at radius 3 is 2.56 bits per heavy atom. The van der Waals surface area contributed by atoms with Crippen LogP contribution in [-0.4, -0.2) is 58.8 Å². The number of nitrogens with one attached hydrogen (secondary N) is 1. The van der Waals surface area contributed by atoms with Gasteiger partial charge in [-0.3, -0.25) is 4.79 Å². The van der Waals surface area contributed by atoms with E-state index in [0.29, 0.717) is 48.0 Å². The lowest BCUT2D eigenvalue weighted by Crippen LogP contribution is -2.46. The van der Waals surface area contributed by atoms with Crippen molar-refractivity contribution in [1.82, 2.24) is 20.0 Å². The normalized spacial score (nSPS) is 18.4. The zero-order valence-corrected chi connectivity index (χ0v) is 18.4. The number of hydrogen-bond acceptors (Lipinski definition) is 8. The van der Waals surface area contributed by atoms with Gasteiger partial charge in [0.05, 0.1) is 24.9 Å². The van der Waals surface area contributed by atoms with E-state index in [9.17, 15) is 4.79 Å². The Kier molecular flexibility index (Phi) is 5.67. The molecule has 1 atom stereocenters. The van der Waals surface area contributed by atoms with Crippen molar-refractivity contribution < 1.29 is 14.1 Å². The van der Waals surface area contributed by atoms with Gasteiger partial charge >= 0.3 is 0 Å². The number of hydrogen-bond donors (Lipinski definition) is 1. The molecule has 3 aromatic rings. The number of aryl methyl sites for hydroxylation is 1. The summed E-state index contributed by atoms with van der Waals surface area (Å²) in [5, 5.41) is 7.88. The first-order valence-electron chi connectivity index (χ1n) is 10.6. The summed E-state index contributed by atoms with van der Waals surface area (Å²) in [6.07, 6.45) is 0.822. The highest BCUT2D eigenvalue weighted by Crippen LogP contribution is 2.35. The summed E-state index contributed by atoms with van der Waals surface area (Å²) in [7, 11) is 0. The Morgan fingerprint density at radius 2 is 1.91 bits per heavy atom. The molecule has 1 unspecified atom stereocenters. The first-order valence-corrected chi connectivity index (χ1v) is 10.9. The Labute approximate surface area is 190 Å². The van der Waals surface area contributed by atoms with Gasteiger partial charge in [-0.15, -0.1) is 0 Å². The summed E-state index contributed by atoms with van der Waals surface area (Å²) < 4.78 is 10.6. The minimum atomic E-state index is -0.156. The van der Waals surface area contributed by atoms with Crippen molar-refractivity contribution in [3.8, 4) is 0 Å². The van der Waals surface area contributed by atoms with Crippen LogP contribution in [0.4, 0.5) is 17.5 Å². The standard InChI is InChI=1S/C22H23ClN6O3/c1-14-12-18(27-32-14)21(30)29-7-6-19(29)17-13-20(24-16-4-2-15(23)3-5-16)26-22(25-17)28-8-10-31-11-9-28/h2-5,12-13,19H,6-11H2,1H3,(H,24,25,26). The van der Waals surface area contributed by atoms with Crippen molar-refractivity contribution in [2.45, 2.75) is 19.4 Å². The van der Waals surface area contributed by atoms with Crippen molar-refractivity contribution in [1.29, 1.82) is 0 Å². The smallest absolute Gasteiger partial charge is 0.276 e. The molecule has 2 saturated heterocycles. The predicted molar refractivity (Wildman–Crippen MR) is 119 cm³/mol. The first kappa shape index (κ1) is 20.7. The molecule has 2 aliphatic rings. The molecule has 10 heteroatoms. The molecule has 4 heterocycles. The number of carbonyl (C=O) groups excluding carboxylic acids is 1. The molecule has 0 radical (unpaired) electrons. The van der Waals surface area contributed by atoms with Crippen LogP contribution in [0, 0.1) is 6.92 Å². The van der Waals surface area contributed by atoms with Crippen molar-refractivity contribution in [2.75, 3.05) is 43.1 Å². The molecule has 1 aromatic carbocycles. The largest absolute Gasteiger partial charge is 0.378 e. The van der Waals surface area contributed by atoms with Crippen molar-refractivity contribution >= 4 is 35.0 Å². The Morgan fingerprint density at radius 1 is 1.12 bits per heavy atom. The van der Waals surface area contributed by atoms with Gasteiger partial charge in [-0.05, 0) is 37.6 Å². The molecule has 0 spiro atoms. The second kappa shape index (κ2) is 8.76. The van der Waals surface area contributed by atoms with Gasteiger partial charge in [0.15, 0.2) is 5.69 Å². The fourth-order valence-electron chi connectivity index (χ4n) is 3.83. The number of rotatable bonds is 5. The van der Waals surface area contributed by atoms with Crippen molar-refractivity contribution in [2.24, 2.45) is 0 Å². The van der Waals surface area contributed by atoms with Gasteiger partial charge in [-0.1, -0.05) is 16.8 Å². The first-order chi connectivity index (χ1) is 15.6. The van der Waals surface area contributed by atoms with Crippen LogP contribution in [0.5, 0.6) is 0 Å². The third-order valence-electron chi connectivity index (χ3n) is 5.61. The van der Waals surface area contributed by atoms with E-state index in [1.807, 2.05) is 30.3 Å². The number of amides is 1. The summed E-state index contributed by atoms with van der Waals surface area (Å²) >= 11 is 6.01. The van der Waals surface area contributed by atoms with Gasteiger partial charge in [-0.2, -0.15) is 4.98 Å². The zero-order valence-electron chi connectivity index (χ0n) is 17.6. The maximum Gasteiger partial charge on any atom is 0.276 e. The molecular weight excluding hydrogens is 432 g/mol. The topological polar surface area (TPSA) is 96.6 Å². The maximum absolute atomic E-state index is 12.9. The predicted octanol–water partition coefficient (Wildman–Crippen LogP) is 3.59. The molecule has 5 rings (SSSR count). The molecule has 9 nitrogen and oxygen atoms in total. The molecule has 2 fully saturated rings. The molecule has 0 aliphatic carbocycles. The average molecular weight is 455 g/mol. The average Bonchev–Trinajstić information content (AvgIpc) is 3.21. The zero-order chi connectivity index (χ0) is 22.1. The molecule has 0 bridgehead atoms. The van der Waals surface area contributed by atoms with E-state index in [2.05, 4.69) is 15.4 Å². The Hall–Kier alpha value is -3.17. The van der Waals surface area contributed by atoms with Gasteiger partial charge in [0.1, 0.15) is 11.6 Å². The lowest BCUT2D eigenvalue weighted by Gasteiger charge is -2.40. The number of likely N-dealkylation sites (tertiary alicyclic amines) is 1. The van der Waals surface area contributed by atoms with Gasteiger partial charge in [-0.25, -0.2) is 4.98 Å². The summed E-state index contributed by atoms with van der Waals surface area (Å²) in [5.41, 5.74) is 1.97. The van der Waals surface area contributed by atoms with Gasteiger partial charge in [0, 0.05) is 42.5 Å². The number of nitrogens with zero attached hydrogens (tertiary/aromatic N) is 5. The van der Waals surface area contributed by atoms with Crippen LogP contribution in [0.3, 0.4) is 0 Å². The number of halogens is 1. The quantitative estimate of drug-likeness (QED) is 0.624. The number of anilines is 3. The second-order valence-electron chi connectivity index (χ2n) is 7.84.